The summed E-state index contributed by atoms with van der Waals surface area (Å²) in [5.41, 5.74) is 11.1. The van der Waals surface area contributed by atoms with Gasteiger partial charge in [0.15, 0.2) is 12.1 Å². The standard InChI is InChI=1S/C42H58N6O18P2S/c1-21-35(50)26(43)16-30(65-21)66-28-18-41(55,17-25-32(28)39(54)34-33(37(25)52)36(51)24-9-5-10-27(63-3)31(24)38(34)53)29(20-49)45-47-40(69)46-44-19-22-7-4-8-23(15-22)64-14-6-12-48(2)13-11-42(56,67(57,58)59)68(60,61)62/h4-5,7-10,15,21,26,28,30,35,44,49-50,52,54-59,67H,6,11-14,16-20,43H2,1-3H3,(H2,46,47,69)(H2,60,61,62)/b45-29+/t21-,26-,28-,30-,35+,41-,42?/m0/s1. The van der Waals surface area contributed by atoms with Crippen LogP contribution in [-0.2, 0) is 27.0 Å². The molecule has 0 bridgehead atoms. The van der Waals surface area contributed by atoms with Crippen molar-refractivity contribution >= 4 is 50.1 Å². The molecular weight excluding hydrogens is 971 g/mol. The first-order valence-electron chi connectivity index (χ1n) is 21.5. The average Bonchev–Trinajstić information content (AvgIpc) is 3.28. The van der Waals surface area contributed by atoms with Crippen molar-refractivity contribution < 1.29 is 88.2 Å². The molecule has 0 radical (unpaired) electrons. The smallest absolute Gasteiger partial charge is 0.160 e. The molecule has 2 aliphatic carbocycles. The molecule has 6 rings (SSSR count). The number of hydrazone groups is 1. The minimum absolute atomic E-state index is 0.0319. The number of benzene rings is 3. The van der Waals surface area contributed by atoms with Crippen LogP contribution in [0.5, 0.6) is 23.0 Å². The third kappa shape index (κ3) is 11.4. The second kappa shape index (κ2) is 21.6. The Hall–Kier alpha value is -4.34. The van der Waals surface area contributed by atoms with Crippen LogP contribution in [0.2, 0.25) is 0 Å². The van der Waals surface area contributed by atoms with E-state index in [1.807, 2.05) is 0 Å². The first-order chi connectivity index (χ1) is 32.3. The number of nitrogens with zero attached hydrogens (tertiary/aromatic N) is 2. The van der Waals surface area contributed by atoms with Crippen molar-refractivity contribution in [1.82, 2.24) is 21.2 Å². The van der Waals surface area contributed by atoms with Gasteiger partial charge in [0, 0.05) is 42.0 Å². The fourth-order valence-electron chi connectivity index (χ4n) is 8.51. The molecule has 1 heterocycles. The molecule has 3 aromatic rings. The Morgan fingerprint density at radius 2 is 1.78 bits per heavy atom. The number of methoxy groups -OCH3 is 1. The number of phenolic OH excluding ortho intramolecular Hbond substituents is 2. The number of rotatable bonds is 19. The number of fused-ring (bicyclic) bond motifs is 3. The molecule has 3 aromatic carbocycles. The normalized spacial score (nSPS) is 23.9. The van der Waals surface area contributed by atoms with E-state index in [0.717, 1.165) is 5.56 Å². The molecule has 16 N–H and O–H groups in total. The molecule has 1 fully saturated rings. The number of nitrogens with two attached hydrogens (primary N) is 1. The van der Waals surface area contributed by atoms with Crippen LogP contribution >= 0.6 is 27.8 Å². The van der Waals surface area contributed by atoms with Gasteiger partial charge in [-0.2, -0.15) is 5.10 Å². The molecule has 380 valence electrons. The Balaban J connectivity index is 1.12. The quantitative estimate of drug-likeness (QED) is 0.0138. The van der Waals surface area contributed by atoms with Gasteiger partial charge in [0.05, 0.1) is 54.4 Å². The predicted octanol–water partition coefficient (Wildman–Crippen LogP) is -0.656. The van der Waals surface area contributed by atoms with Gasteiger partial charge in [0.2, 0.25) is 10.9 Å². The van der Waals surface area contributed by atoms with Gasteiger partial charge in [0.1, 0.15) is 22.8 Å². The number of hydrogen-bond acceptors (Lipinski definition) is 21. The Morgan fingerprint density at radius 1 is 1.09 bits per heavy atom. The SMILES string of the molecule is COc1cccc2c1C(=O)c1c(O)c3c(c(O)c1C2=O)C[C@@](O)(/C(CO)=N/NC(=S)NNCc1cccc(OCCCN(C)CCC(O)(P(=O)(O)O)[PH](O)(O)O)c1)C[C@@H]3O[C@H]1C[C@H](N)[C@H](O)[C@H](C)O1. The summed E-state index contributed by atoms with van der Waals surface area (Å²) in [6, 6.07) is 10.5. The van der Waals surface area contributed by atoms with Crippen molar-refractivity contribution in [2.75, 3.05) is 40.5 Å². The van der Waals surface area contributed by atoms with Crippen LogP contribution in [0.3, 0.4) is 0 Å². The van der Waals surface area contributed by atoms with Gasteiger partial charge in [-0.25, -0.2) is 5.43 Å². The van der Waals surface area contributed by atoms with Crippen LogP contribution in [0.4, 0.5) is 0 Å². The summed E-state index contributed by atoms with van der Waals surface area (Å²) in [4.78, 5) is 76.9. The van der Waals surface area contributed by atoms with Crippen molar-refractivity contribution in [2.45, 2.75) is 86.9 Å². The Bertz CT molecular complexity index is 2500. The van der Waals surface area contributed by atoms with Gasteiger partial charge in [-0.15, -0.1) is 0 Å². The second-order valence-corrected chi connectivity index (χ2v) is 21.9. The number of carbonyl (C=O) groups excluding carboxylic acids is 2. The summed E-state index contributed by atoms with van der Waals surface area (Å²) in [6.07, 6.45) is -5.74. The van der Waals surface area contributed by atoms with E-state index in [0.29, 0.717) is 18.7 Å². The largest absolute Gasteiger partial charge is 0.389 e. The van der Waals surface area contributed by atoms with Gasteiger partial charge in [-0.3, -0.25) is 20.4 Å². The number of ketones is 2. The van der Waals surface area contributed by atoms with E-state index in [1.165, 1.54) is 25.3 Å². The zero-order chi connectivity index (χ0) is 50.8. The van der Waals surface area contributed by atoms with Crippen LogP contribution in [0.25, 0.3) is 0 Å². The second-order valence-electron chi connectivity index (χ2n) is 17.1. The van der Waals surface area contributed by atoms with Gasteiger partial charge in [-0.1, -0.05) is 12.1 Å². The number of phenols is 2. The molecule has 24 nitrogen and oxygen atoms in total. The number of aromatic hydroxyl groups is 2. The van der Waals surface area contributed by atoms with Crippen LogP contribution in [0.15, 0.2) is 47.6 Å². The molecule has 7 atom stereocenters. The predicted molar refractivity (Wildman–Crippen MR) is 251 cm³/mol. The first-order valence-corrected chi connectivity index (χ1v) is 25.4. The molecule has 3 aliphatic rings. The van der Waals surface area contributed by atoms with Crippen molar-refractivity contribution in [3.05, 3.63) is 81.4 Å². The van der Waals surface area contributed by atoms with E-state index in [-0.39, 0.29) is 64.9 Å². The van der Waals surface area contributed by atoms with Gasteiger partial charge in [0.25, 0.3) is 0 Å². The number of thiocarbonyl (C=S) groups is 1. The third-order valence-corrected chi connectivity index (χ3v) is 16.8. The number of hydrogen-bond donors (Lipinski definition) is 15. The van der Waals surface area contributed by atoms with E-state index in [1.54, 1.807) is 43.1 Å². The fourth-order valence-corrected chi connectivity index (χ4v) is 11.0. The molecule has 0 spiro atoms. The number of ether oxygens (including phenoxy) is 4. The first kappa shape index (κ1) is 54.0. The van der Waals surface area contributed by atoms with Crippen LogP contribution < -0.4 is 31.5 Å². The zero-order valence-corrected chi connectivity index (χ0v) is 40.3. The maximum atomic E-state index is 14.1. The van der Waals surface area contributed by atoms with E-state index in [9.17, 15) is 69.3 Å². The summed E-state index contributed by atoms with van der Waals surface area (Å²) < 4.78 is 35.0. The molecule has 1 aliphatic heterocycles. The van der Waals surface area contributed by atoms with Gasteiger partial charge in [-0.05, 0) is 25.2 Å². The monoisotopic (exact) mass is 1030 g/mol. The average molecular weight is 1030 g/mol. The minimum Gasteiger partial charge on any atom is -0.389 e. The van der Waals surface area contributed by atoms with E-state index < -0.39 is 117 Å². The van der Waals surface area contributed by atoms with E-state index >= 15 is 0 Å². The number of hydrazine groups is 1. The van der Waals surface area contributed by atoms with Gasteiger partial charge >= 0.3 is 146 Å². The summed E-state index contributed by atoms with van der Waals surface area (Å²) >= 11 is 5.37. The molecule has 27 heteroatoms. The maximum absolute atomic E-state index is 14.1. The molecule has 69 heavy (non-hydrogen) atoms. The summed E-state index contributed by atoms with van der Waals surface area (Å²) in [5, 5.41) is 68.1. The van der Waals surface area contributed by atoms with Crippen molar-refractivity contribution in [2.24, 2.45) is 10.8 Å². The van der Waals surface area contributed by atoms with Crippen LogP contribution in [0, 0.1) is 0 Å². The van der Waals surface area contributed by atoms with Crippen molar-refractivity contribution in [3.8, 4) is 23.0 Å². The molecule has 1 unspecified atom stereocenters. The zero-order valence-electron chi connectivity index (χ0n) is 37.6. The molecule has 0 amide bonds. The van der Waals surface area contributed by atoms with Crippen molar-refractivity contribution in [1.29, 1.82) is 0 Å². The van der Waals surface area contributed by atoms with Crippen LogP contribution in [-0.4, -0.2) is 158 Å². The summed E-state index contributed by atoms with van der Waals surface area (Å²) in [5.74, 6) is -2.44. The Morgan fingerprint density at radius 3 is 2.43 bits per heavy atom. The van der Waals surface area contributed by atoms with Gasteiger partial charge < -0.3 is 45.5 Å². The number of carbonyl (C=O) groups is 2. The number of aliphatic hydroxyl groups is 4. The Kier molecular flexibility index (Phi) is 16.9. The molecule has 1 saturated heterocycles. The molecule has 0 aromatic heterocycles. The fraction of sp³-hybridized carbons (Fsp3) is 0.476. The minimum atomic E-state index is -5.63. The van der Waals surface area contributed by atoms with Crippen LogP contribution in [0.1, 0.15) is 87.2 Å². The topological polar surface area (TPSA) is 388 Å². The summed E-state index contributed by atoms with van der Waals surface area (Å²) in [7, 11) is -8.23. The maximum Gasteiger partial charge on any atom is 0.160 e. The van der Waals surface area contributed by atoms with E-state index in [2.05, 4.69) is 21.4 Å². The Labute approximate surface area is 401 Å². The molecule has 0 saturated carbocycles. The number of nitrogens with one attached hydrogen (secondary N) is 3. The van der Waals surface area contributed by atoms with E-state index in [4.69, 9.17) is 36.9 Å². The summed E-state index contributed by atoms with van der Waals surface area (Å²) in [6.45, 7) is 1.25. The molecular formula is C42H58N6O18P2S. The third-order valence-electron chi connectivity index (χ3n) is 12.3. The van der Waals surface area contributed by atoms with Crippen molar-refractivity contribution in [3.63, 3.8) is 0 Å². The number of aliphatic hydroxyl groups excluding tert-OH is 2.